The number of hydrogen-bond donors (Lipinski definition) is 0. The van der Waals surface area contributed by atoms with Crippen LogP contribution in [0.3, 0.4) is 0 Å². The van der Waals surface area contributed by atoms with Gasteiger partial charge in [0.1, 0.15) is 6.07 Å². The van der Waals surface area contributed by atoms with E-state index in [9.17, 15) is 10.1 Å². The molecular formula is C26H22ClN5O. The Balaban J connectivity index is 1.53. The molecule has 3 aromatic heterocycles. The lowest BCUT2D eigenvalue weighted by Gasteiger charge is -2.11. The summed E-state index contributed by atoms with van der Waals surface area (Å²) in [6.07, 6.45) is 12.1. The first-order chi connectivity index (χ1) is 16.0. The van der Waals surface area contributed by atoms with Crippen molar-refractivity contribution in [2.45, 2.75) is 25.7 Å². The van der Waals surface area contributed by atoms with Gasteiger partial charge in [-0.15, -0.1) is 0 Å². The SMILES string of the molecule is Cn1cc(-c2cnn(-c3cccc(Cl)c3C#N)c2)c(-c2ccc(CCC3CC3)nc2)cc1=O. The Kier molecular flexibility index (Phi) is 5.57. The zero-order chi connectivity index (χ0) is 22.9. The minimum Gasteiger partial charge on any atom is -0.318 e. The van der Waals surface area contributed by atoms with Gasteiger partial charge in [0.15, 0.2) is 0 Å². The monoisotopic (exact) mass is 455 g/mol. The molecule has 7 heteroatoms. The maximum absolute atomic E-state index is 12.5. The van der Waals surface area contributed by atoms with Crippen molar-refractivity contribution in [1.82, 2.24) is 19.3 Å². The molecule has 5 rings (SSSR count). The van der Waals surface area contributed by atoms with Crippen molar-refractivity contribution in [2.75, 3.05) is 0 Å². The Morgan fingerprint density at radius 3 is 2.70 bits per heavy atom. The van der Waals surface area contributed by atoms with Gasteiger partial charge in [0.05, 0.1) is 22.5 Å². The first kappa shape index (κ1) is 21.2. The molecule has 0 saturated heterocycles. The predicted molar refractivity (Wildman–Crippen MR) is 128 cm³/mol. The lowest BCUT2D eigenvalue weighted by atomic mass is 9.99. The van der Waals surface area contributed by atoms with Crippen molar-refractivity contribution in [2.24, 2.45) is 13.0 Å². The quantitative estimate of drug-likeness (QED) is 0.402. The smallest absolute Gasteiger partial charge is 0.250 e. The highest BCUT2D eigenvalue weighted by atomic mass is 35.5. The molecule has 4 aromatic rings. The summed E-state index contributed by atoms with van der Waals surface area (Å²) in [5.41, 5.74) is 5.30. The maximum Gasteiger partial charge on any atom is 0.250 e. The minimum absolute atomic E-state index is 0.0967. The summed E-state index contributed by atoms with van der Waals surface area (Å²) in [5, 5.41) is 14.4. The van der Waals surface area contributed by atoms with Crippen molar-refractivity contribution >= 4 is 11.6 Å². The van der Waals surface area contributed by atoms with Gasteiger partial charge >= 0.3 is 0 Å². The van der Waals surface area contributed by atoms with Crippen molar-refractivity contribution in [3.8, 4) is 34.0 Å². The van der Waals surface area contributed by atoms with E-state index in [0.717, 1.165) is 40.3 Å². The van der Waals surface area contributed by atoms with E-state index in [-0.39, 0.29) is 5.56 Å². The third-order valence-corrected chi connectivity index (χ3v) is 6.43. The van der Waals surface area contributed by atoms with E-state index < -0.39 is 0 Å². The van der Waals surface area contributed by atoms with Gasteiger partial charge in [-0.25, -0.2) is 4.68 Å². The van der Waals surface area contributed by atoms with E-state index >= 15 is 0 Å². The summed E-state index contributed by atoms with van der Waals surface area (Å²) >= 11 is 6.19. The molecular weight excluding hydrogens is 434 g/mol. The topological polar surface area (TPSA) is 76.5 Å². The second-order valence-corrected chi connectivity index (χ2v) is 8.90. The Labute approximate surface area is 196 Å². The molecule has 0 radical (unpaired) electrons. The number of rotatable bonds is 6. The highest BCUT2D eigenvalue weighted by Gasteiger charge is 2.21. The van der Waals surface area contributed by atoms with Gasteiger partial charge in [-0.3, -0.25) is 9.78 Å². The van der Waals surface area contributed by atoms with E-state index in [1.165, 1.54) is 19.3 Å². The van der Waals surface area contributed by atoms with Gasteiger partial charge in [0.25, 0.3) is 5.56 Å². The van der Waals surface area contributed by atoms with Crippen LogP contribution >= 0.6 is 11.6 Å². The lowest BCUT2D eigenvalue weighted by Crippen LogP contribution is -2.15. The lowest BCUT2D eigenvalue weighted by molar-refractivity contribution is 0.714. The number of aryl methyl sites for hydroxylation is 2. The molecule has 1 aromatic carbocycles. The number of aromatic nitrogens is 4. The normalized spacial score (nSPS) is 13.1. The molecule has 0 atom stereocenters. The molecule has 1 aliphatic carbocycles. The Morgan fingerprint density at radius 2 is 1.97 bits per heavy atom. The number of halogens is 1. The third-order valence-electron chi connectivity index (χ3n) is 6.11. The summed E-state index contributed by atoms with van der Waals surface area (Å²) < 4.78 is 3.18. The Hall–Kier alpha value is -3.69. The molecule has 0 spiro atoms. The number of hydrogen-bond acceptors (Lipinski definition) is 4. The molecule has 0 bridgehead atoms. The minimum atomic E-state index is -0.0967. The molecule has 0 unspecified atom stereocenters. The fourth-order valence-electron chi connectivity index (χ4n) is 4.00. The van der Waals surface area contributed by atoms with E-state index in [0.29, 0.717) is 16.3 Å². The first-order valence-corrected chi connectivity index (χ1v) is 11.3. The van der Waals surface area contributed by atoms with Crippen molar-refractivity contribution in [3.05, 3.63) is 87.8 Å². The van der Waals surface area contributed by atoms with Crippen LogP contribution in [0.1, 0.15) is 30.5 Å². The average Bonchev–Trinajstić information content (AvgIpc) is 3.53. The van der Waals surface area contributed by atoms with Crippen LogP contribution < -0.4 is 5.56 Å². The largest absolute Gasteiger partial charge is 0.318 e. The van der Waals surface area contributed by atoms with Gasteiger partial charge in [-0.1, -0.05) is 36.6 Å². The van der Waals surface area contributed by atoms with E-state index in [1.54, 1.807) is 46.8 Å². The fourth-order valence-corrected chi connectivity index (χ4v) is 4.21. The van der Waals surface area contributed by atoms with Crippen LogP contribution in [0.15, 0.2) is 66.0 Å². The zero-order valence-corrected chi connectivity index (χ0v) is 19.0. The van der Waals surface area contributed by atoms with Crippen molar-refractivity contribution in [3.63, 3.8) is 0 Å². The molecule has 6 nitrogen and oxygen atoms in total. The molecule has 1 aliphatic rings. The molecule has 0 N–H and O–H groups in total. The van der Waals surface area contributed by atoms with Crippen LogP contribution in [0.2, 0.25) is 5.02 Å². The van der Waals surface area contributed by atoms with Crippen LogP contribution in [0.25, 0.3) is 27.9 Å². The molecule has 33 heavy (non-hydrogen) atoms. The van der Waals surface area contributed by atoms with Gasteiger partial charge in [-0.05, 0) is 42.5 Å². The van der Waals surface area contributed by atoms with Crippen LogP contribution in [0.4, 0.5) is 0 Å². The van der Waals surface area contributed by atoms with Gasteiger partial charge in [-0.2, -0.15) is 10.4 Å². The maximum atomic E-state index is 12.5. The summed E-state index contributed by atoms with van der Waals surface area (Å²) in [5.74, 6) is 0.868. The van der Waals surface area contributed by atoms with E-state index in [1.807, 2.05) is 30.7 Å². The summed E-state index contributed by atoms with van der Waals surface area (Å²) in [7, 11) is 1.73. The fraction of sp³-hybridized carbons (Fsp3) is 0.231. The molecule has 3 heterocycles. The van der Waals surface area contributed by atoms with Crippen LogP contribution in [-0.4, -0.2) is 19.3 Å². The first-order valence-electron chi connectivity index (χ1n) is 10.9. The summed E-state index contributed by atoms with van der Waals surface area (Å²) in [4.78, 5) is 17.1. The van der Waals surface area contributed by atoms with Crippen LogP contribution in [0.5, 0.6) is 0 Å². The summed E-state index contributed by atoms with van der Waals surface area (Å²) in [6.45, 7) is 0. The number of nitrogens with zero attached hydrogens (tertiary/aromatic N) is 5. The van der Waals surface area contributed by atoms with Crippen LogP contribution in [-0.2, 0) is 13.5 Å². The Morgan fingerprint density at radius 1 is 1.12 bits per heavy atom. The van der Waals surface area contributed by atoms with Crippen LogP contribution in [0, 0.1) is 17.2 Å². The van der Waals surface area contributed by atoms with Crippen molar-refractivity contribution < 1.29 is 0 Å². The number of pyridine rings is 2. The average molecular weight is 456 g/mol. The highest BCUT2D eigenvalue weighted by Crippen LogP contribution is 2.34. The standard InChI is InChI=1S/C26H22ClN5O/c1-31-16-23(19-14-30-32(15-19)25-4-2-3-24(27)22(25)12-28)21(11-26(31)33)18-8-10-20(29-13-18)9-7-17-5-6-17/h2-4,8,10-11,13-17H,5-7,9H2,1H3. The second-order valence-electron chi connectivity index (χ2n) is 8.49. The second kappa shape index (κ2) is 8.68. The van der Waals surface area contributed by atoms with E-state index in [4.69, 9.17) is 11.6 Å². The van der Waals surface area contributed by atoms with Gasteiger partial charge < -0.3 is 4.57 Å². The van der Waals surface area contributed by atoms with Gasteiger partial charge in [0, 0.05) is 54.1 Å². The van der Waals surface area contributed by atoms with E-state index in [2.05, 4.69) is 16.2 Å². The Bertz CT molecular complexity index is 1420. The molecule has 0 amide bonds. The number of benzene rings is 1. The third kappa shape index (κ3) is 4.33. The molecule has 1 fully saturated rings. The van der Waals surface area contributed by atoms with Gasteiger partial charge in [0.2, 0.25) is 0 Å². The highest BCUT2D eigenvalue weighted by molar-refractivity contribution is 6.32. The molecule has 0 aliphatic heterocycles. The molecule has 164 valence electrons. The number of nitriles is 1. The predicted octanol–water partition coefficient (Wildman–Crippen LogP) is 5.17. The molecule has 1 saturated carbocycles. The summed E-state index contributed by atoms with van der Waals surface area (Å²) in [6, 6.07) is 13.1. The van der Waals surface area contributed by atoms with Crippen molar-refractivity contribution in [1.29, 1.82) is 5.26 Å². The zero-order valence-electron chi connectivity index (χ0n) is 18.2.